The van der Waals surface area contributed by atoms with Gasteiger partial charge in [-0.05, 0) is 41.0 Å². The molecule has 4 N–H and O–H groups in total. The van der Waals surface area contributed by atoms with Crippen molar-refractivity contribution in [3.8, 4) is 0 Å². The lowest BCUT2D eigenvalue weighted by Gasteiger charge is -2.35. The van der Waals surface area contributed by atoms with Crippen molar-refractivity contribution in [2.45, 2.75) is 84.3 Å². The van der Waals surface area contributed by atoms with Gasteiger partial charge in [-0.3, -0.25) is 20.0 Å². The van der Waals surface area contributed by atoms with Crippen LogP contribution in [0.15, 0.2) is 85.2 Å². The Morgan fingerprint density at radius 3 is 2.11 bits per heavy atom. The van der Waals surface area contributed by atoms with E-state index in [0.29, 0.717) is 38.9 Å². The number of benzene rings is 2. The number of carbonyl (C=O) groups excluding carboxylic acids is 4. The Labute approximate surface area is 313 Å². The molecule has 0 saturated carbocycles. The summed E-state index contributed by atoms with van der Waals surface area (Å²) in [7, 11) is 1.24. The molecule has 2 heterocycles. The van der Waals surface area contributed by atoms with E-state index in [0.717, 1.165) is 16.7 Å². The summed E-state index contributed by atoms with van der Waals surface area (Å²) in [5.74, 6) is -1.19. The first-order chi connectivity index (χ1) is 25.5. The van der Waals surface area contributed by atoms with Crippen molar-refractivity contribution in [1.29, 1.82) is 0 Å². The van der Waals surface area contributed by atoms with Crippen LogP contribution >= 0.6 is 0 Å². The summed E-state index contributed by atoms with van der Waals surface area (Å²) >= 11 is 0. The molecule has 1 fully saturated rings. The molecular weight excluding hydrogens is 674 g/mol. The molecule has 1 saturated heterocycles. The van der Waals surface area contributed by atoms with Crippen LogP contribution in [0.25, 0.3) is 0 Å². The molecule has 53 heavy (non-hydrogen) atoms. The SMILES string of the molecule is CC[C@H](C)[C@H](NC(=O)OC)C(=O)NN(Cc1ccccc1)C[C@H](O)[C@H](Cc1ccccc1)NC(=O)[C@H]([C@@H](C)CC)N1CCN(Cc2cccnc2)C1=O. The van der Waals surface area contributed by atoms with Gasteiger partial charge < -0.3 is 30.3 Å². The zero-order valence-electron chi connectivity index (χ0n) is 31.5. The van der Waals surface area contributed by atoms with Crippen LogP contribution in [0.2, 0.25) is 0 Å². The number of rotatable bonds is 19. The third kappa shape index (κ3) is 11.7. The quantitative estimate of drug-likeness (QED) is 0.134. The Morgan fingerprint density at radius 2 is 1.51 bits per heavy atom. The number of hydrogen-bond donors (Lipinski definition) is 4. The first kappa shape index (κ1) is 40.8. The molecule has 6 atom stereocenters. The van der Waals surface area contributed by atoms with Gasteiger partial charge in [0.25, 0.3) is 5.91 Å². The average Bonchev–Trinajstić information content (AvgIpc) is 3.52. The fraction of sp³-hybridized carbons (Fsp3) is 0.475. The van der Waals surface area contributed by atoms with Crippen LogP contribution in [0, 0.1) is 11.8 Å². The summed E-state index contributed by atoms with van der Waals surface area (Å²) in [5.41, 5.74) is 5.61. The molecule has 0 unspecified atom stereocenters. The third-order valence-electron chi connectivity index (χ3n) is 9.95. The molecule has 0 bridgehead atoms. The molecule has 0 spiro atoms. The smallest absolute Gasteiger partial charge is 0.407 e. The monoisotopic (exact) mass is 729 g/mol. The highest BCUT2D eigenvalue weighted by Gasteiger charge is 2.41. The second-order valence-electron chi connectivity index (χ2n) is 13.8. The van der Waals surface area contributed by atoms with Crippen molar-refractivity contribution >= 4 is 23.9 Å². The first-order valence-corrected chi connectivity index (χ1v) is 18.4. The summed E-state index contributed by atoms with van der Waals surface area (Å²) in [6.45, 7) is 9.17. The Morgan fingerprint density at radius 1 is 0.868 bits per heavy atom. The fourth-order valence-corrected chi connectivity index (χ4v) is 6.49. The van der Waals surface area contributed by atoms with Crippen LogP contribution in [0.1, 0.15) is 57.2 Å². The lowest BCUT2D eigenvalue weighted by molar-refractivity contribution is -0.132. The van der Waals surface area contributed by atoms with Gasteiger partial charge in [-0.25, -0.2) is 14.6 Å². The highest BCUT2D eigenvalue weighted by Crippen LogP contribution is 2.23. The van der Waals surface area contributed by atoms with E-state index in [1.807, 2.05) is 100 Å². The lowest BCUT2D eigenvalue weighted by Crippen LogP contribution is -2.59. The van der Waals surface area contributed by atoms with E-state index < -0.39 is 36.2 Å². The number of nitrogens with zero attached hydrogens (tertiary/aromatic N) is 4. The van der Waals surface area contributed by atoms with Crippen LogP contribution in [-0.4, -0.2) is 99.8 Å². The predicted molar refractivity (Wildman–Crippen MR) is 202 cm³/mol. The van der Waals surface area contributed by atoms with Crippen molar-refractivity contribution in [2.24, 2.45) is 11.8 Å². The molecule has 1 aliphatic heterocycles. The molecule has 0 radical (unpaired) electrons. The molecule has 286 valence electrons. The normalized spacial score (nSPS) is 16.3. The Hall–Kier alpha value is -5.01. The first-order valence-electron chi connectivity index (χ1n) is 18.4. The minimum atomic E-state index is -1.16. The zero-order chi connectivity index (χ0) is 38.3. The molecule has 2 aromatic carbocycles. The third-order valence-corrected chi connectivity index (χ3v) is 9.95. The molecule has 1 aliphatic rings. The van der Waals surface area contributed by atoms with E-state index in [-0.39, 0.29) is 36.9 Å². The van der Waals surface area contributed by atoms with Crippen molar-refractivity contribution in [3.63, 3.8) is 0 Å². The Bertz CT molecular complexity index is 1600. The number of nitrogens with one attached hydrogen (secondary N) is 3. The molecular formula is C40H55N7O6. The second kappa shape index (κ2) is 20.3. The maximum absolute atomic E-state index is 14.3. The number of ether oxygens (including phenoxy) is 1. The summed E-state index contributed by atoms with van der Waals surface area (Å²) in [4.78, 5) is 61.5. The maximum Gasteiger partial charge on any atom is 0.407 e. The van der Waals surface area contributed by atoms with Gasteiger partial charge in [0, 0.05) is 45.1 Å². The van der Waals surface area contributed by atoms with Crippen molar-refractivity contribution in [2.75, 3.05) is 26.7 Å². The van der Waals surface area contributed by atoms with Crippen LogP contribution in [-0.2, 0) is 33.8 Å². The van der Waals surface area contributed by atoms with Gasteiger partial charge in [0.2, 0.25) is 5.91 Å². The van der Waals surface area contributed by atoms with Gasteiger partial charge in [-0.2, -0.15) is 0 Å². The van der Waals surface area contributed by atoms with Gasteiger partial charge in [0.1, 0.15) is 12.1 Å². The highest BCUT2D eigenvalue weighted by molar-refractivity contribution is 5.88. The van der Waals surface area contributed by atoms with Crippen LogP contribution in [0.4, 0.5) is 9.59 Å². The number of aliphatic hydroxyl groups excluding tert-OH is 1. The summed E-state index contributed by atoms with van der Waals surface area (Å²) in [6.07, 6.45) is 3.11. The molecule has 5 amide bonds. The largest absolute Gasteiger partial charge is 0.453 e. The van der Waals surface area contributed by atoms with E-state index in [1.165, 1.54) is 7.11 Å². The number of carbonyl (C=O) groups is 4. The average molecular weight is 730 g/mol. The number of amides is 5. The Kier molecular flexibility index (Phi) is 15.6. The number of urea groups is 1. The van der Waals surface area contributed by atoms with Crippen molar-refractivity contribution < 1.29 is 29.0 Å². The van der Waals surface area contributed by atoms with E-state index in [4.69, 9.17) is 4.74 Å². The van der Waals surface area contributed by atoms with Crippen LogP contribution < -0.4 is 16.1 Å². The van der Waals surface area contributed by atoms with Gasteiger partial charge in [-0.15, -0.1) is 0 Å². The summed E-state index contributed by atoms with van der Waals surface area (Å²) < 4.78 is 4.78. The minimum absolute atomic E-state index is 0.0562. The Balaban J connectivity index is 1.58. The molecule has 4 rings (SSSR count). The van der Waals surface area contributed by atoms with Gasteiger partial charge >= 0.3 is 12.1 Å². The van der Waals surface area contributed by atoms with E-state index in [2.05, 4.69) is 21.0 Å². The van der Waals surface area contributed by atoms with Crippen LogP contribution in [0.5, 0.6) is 0 Å². The molecule has 0 aliphatic carbocycles. The number of hydrogen-bond acceptors (Lipinski definition) is 8. The molecule has 1 aromatic heterocycles. The zero-order valence-corrected chi connectivity index (χ0v) is 31.5. The molecule has 13 nitrogen and oxygen atoms in total. The number of hydrazine groups is 1. The number of aliphatic hydroxyl groups is 1. The van der Waals surface area contributed by atoms with Gasteiger partial charge in [0.15, 0.2) is 0 Å². The number of pyridine rings is 1. The highest BCUT2D eigenvalue weighted by atomic mass is 16.5. The maximum atomic E-state index is 14.3. The standard InChI is InChI=1S/C40H55N7O6/c1-6-28(3)35(43-39(51)53-5)37(49)44-46(26-31-17-12-9-13-18-31)27-34(48)33(23-30-15-10-8-11-16-30)42-38(50)36(29(4)7-2)47-22-21-45(40(47)52)25-32-19-14-20-41-24-32/h8-20,24,28-29,33-36,48H,6-7,21-23,25-27H2,1-5H3,(H,42,50)(H,43,51)(H,44,49)/t28-,29-,33-,34-,35-,36-/m0/s1. The minimum Gasteiger partial charge on any atom is -0.453 e. The number of aromatic nitrogens is 1. The lowest BCUT2D eigenvalue weighted by atomic mass is 9.95. The van der Waals surface area contributed by atoms with E-state index >= 15 is 0 Å². The number of methoxy groups -OCH3 is 1. The summed E-state index contributed by atoms with van der Waals surface area (Å²) in [5, 5.41) is 19.3. The van der Waals surface area contributed by atoms with E-state index in [1.54, 1.807) is 27.2 Å². The molecule has 3 aromatic rings. The predicted octanol–water partition coefficient (Wildman–Crippen LogP) is 4.13. The number of alkyl carbamates (subject to hydrolysis) is 1. The second-order valence-corrected chi connectivity index (χ2v) is 13.8. The van der Waals surface area contributed by atoms with Crippen molar-refractivity contribution in [1.82, 2.24) is 35.9 Å². The fourth-order valence-electron chi connectivity index (χ4n) is 6.49. The van der Waals surface area contributed by atoms with E-state index in [9.17, 15) is 24.3 Å². The summed E-state index contributed by atoms with van der Waals surface area (Å²) in [6, 6.07) is 20.1. The van der Waals surface area contributed by atoms with Crippen LogP contribution in [0.3, 0.4) is 0 Å². The van der Waals surface area contributed by atoms with Gasteiger partial charge in [0.05, 0.1) is 19.3 Å². The van der Waals surface area contributed by atoms with Crippen molar-refractivity contribution in [3.05, 3.63) is 102 Å². The topological polar surface area (TPSA) is 156 Å². The van der Waals surface area contributed by atoms with Gasteiger partial charge in [-0.1, -0.05) is 107 Å². The molecule has 13 heteroatoms.